The molecule has 33 heavy (non-hydrogen) atoms. The lowest BCUT2D eigenvalue weighted by Gasteiger charge is -2.32. The molecular weight excluding hydrogens is 469 g/mol. The van der Waals surface area contributed by atoms with E-state index in [1.165, 1.54) is 6.07 Å². The van der Waals surface area contributed by atoms with E-state index in [1.807, 2.05) is 41.5 Å². The fraction of sp³-hybridized carbons (Fsp3) is 0.609. The molecule has 0 saturated carbocycles. The summed E-state index contributed by atoms with van der Waals surface area (Å²) < 4.78 is 0. The highest BCUT2D eigenvalue weighted by Gasteiger charge is 2.19. The van der Waals surface area contributed by atoms with E-state index in [2.05, 4.69) is 10.2 Å². The number of nitrogens with zero attached hydrogens (tertiary/aromatic N) is 2. The van der Waals surface area contributed by atoms with Gasteiger partial charge in [-0.15, -0.1) is 0 Å². The largest absolute Gasteiger partial charge is 0.396 e. The van der Waals surface area contributed by atoms with Crippen LogP contribution in [0.1, 0.15) is 50.9 Å². The number of hydrogen-bond donors (Lipinski definition) is 3. The Hall–Kier alpha value is -1.71. The summed E-state index contributed by atoms with van der Waals surface area (Å²) in [4.78, 5) is 35.9. The first-order valence-electron chi connectivity index (χ1n) is 11.0. The Morgan fingerprint density at radius 1 is 0.970 bits per heavy atom. The summed E-state index contributed by atoms with van der Waals surface area (Å²) in [7, 11) is 2.02. The third-order valence-electron chi connectivity index (χ3n) is 3.89. The highest BCUT2D eigenvalue weighted by Crippen LogP contribution is 2.22. The quantitative estimate of drug-likeness (QED) is 0.562. The monoisotopic (exact) mass is 509 g/mol. The third kappa shape index (κ3) is 18.4. The maximum Gasteiger partial charge on any atom is 0.251 e. The summed E-state index contributed by atoms with van der Waals surface area (Å²) in [5.41, 5.74) is 0.385. The summed E-state index contributed by atoms with van der Waals surface area (Å²) in [6.07, 6.45) is 1.75. The van der Waals surface area contributed by atoms with Gasteiger partial charge in [-0.2, -0.15) is 0 Å². The van der Waals surface area contributed by atoms with Gasteiger partial charge in [0.2, 0.25) is 5.91 Å². The summed E-state index contributed by atoms with van der Waals surface area (Å²) in [6, 6.07) is 4.62. The maximum absolute atomic E-state index is 12.0. The van der Waals surface area contributed by atoms with Gasteiger partial charge in [0.25, 0.3) is 5.91 Å². The Bertz CT molecular complexity index is 620. The summed E-state index contributed by atoms with van der Waals surface area (Å²) >= 11 is 11.7. The van der Waals surface area contributed by atoms with Crippen molar-refractivity contribution in [1.82, 2.24) is 15.1 Å². The molecule has 0 atom stereocenters. The average Bonchev–Trinajstić information content (AvgIpc) is 2.87. The lowest BCUT2D eigenvalue weighted by Crippen LogP contribution is -2.50. The highest BCUT2D eigenvalue weighted by atomic mass is 35.5. The van der Waals surface area contributed by atoms with E-state index >= 15 is 0 Å². The maximum atomic E-state index is 12.0. The van der Waals surface area contributed by atoms with Crippen molar-refractivity contribution in [1.29, 1.82) is 0 Å². The van der Waals surface area contributed by atoms with Crippen LogP contribution in [0.15, 0.2) is 18.2 Å². The zero-order valence-corrected chi connectivity index (χ0v) is 22.1. The molecular formula is C23H41Cl2N3O5. The van der Waals surface area contributed by atoms with E-state index in [0.29, 0.717) is 41.9 Å². The van der Waals surface area contributed by atoms with Gasteiger partial charge in [-0.3, -0.25) is 9.59 Å². The first-order valence-corrected chi connectivity index (χ1v) is 11.8. The van der Waals surface area contributed by atoms with Crippen LogP contribution in [0.5, 0.6) is 0 Å². The summed E-state index contributed by atoms with van der Waals surface area (Å²) in [6.45, 7) is 13.6. The van der Waals surface area contributed by atoms with Gasteiger partial charge < -0.3 is 30.1 Å². The van der Waals surface area contributed by atoms with E-state index < -0.39 is 0 Å². The molecule has 0 spiro atoms. The molecule has 8 nitrogen and oxygen atoms in total. The van der Waals surface area contributed by atoms with Gasteiger partial charge in [0.15, 0.2) is 0 Å². The predicted molar refractivity (Wildman–Crippen MR) is 136 cm³/mol. The van der Waals surface area contributed by atoms with Crippen LogP contribution in [-0.4, -0.2) is 91.6 Å². The van der Waals surface area contributed by atoms with E-state index in [-0.39, 0.29) is 18.4 Å². The van der Waals surface area contributed by atoms with Crippen molar-refractivity contribution >= 4 is 41.8 Å². The first-order chi connectivity index (χ1) is 15.8. The number of halogens is 2. The van der Waals surface area contributed by atoms with Crippen LogP contribution < -0.4 is 5.32 Å². The van der Waals surface area contributed by atoms with Gasteiger partial charge in [0.05, 0.1) is 16.6 Å². The molecule has 2 amide bonds. The number of amides is 2. The molecule has 0 aliphatic carbocycles. The van der Waals surface area contributed by atoms with Crippen molar-refractivity contribution in [3.05, 3.63) is 33.8 Å². The normalized spacial score (nSPS) is 12.2. The van der Waals surface area contributed by atoms with Crippen LogP contribution >= 0.6 is 23.2 Å². The molecule has 1 fully saturated rings. The number of piperazine rings is 1. The first kappa shape index (κ1) is 35.9. The molecule has 0 radical (unpaired) electrons. The van der Waals surface area contributed by atoms with Crippen LogP contribution in [0.3, 0.4) is 0 Å². The molecule has 1 heterocycles. The summed E-state index contributed by atoms with van der Waals surface area (Å²) in [5.74, 6) is -0.410. The van der Waals surface area contributed by atoms with Crippen molar-refractivity contribution in [2.75, 3.05) is 53.0 Å². The van der Waals surface area contributed by atoms with Crippen molar-refractivity contribution in [3.8, 4) is 0 Å². The topological polar surface area (TPSA) is 110 Å². The van der Waals surface area contributed by atoms with E-state index in [1.54, 1.807) is 17.0 Å². The van der Waals surface area contributed by atoms with Crippen molar-refractivity contribution in [3.63, 3.8) is 0 Å². The van der Waals surface area contributed by atoms with Gasteiger partial charge in [-0.25, -0.2) is 0 Å². The second-order valence-electron chi connectivity index (χ2n) is 6.44. The van der Waals surface area contributed by atoms with Gasteiger partial charge in [0, 0.05) is 45.0 Å². The summed E-state index contributed by atoms with van der Waals surface area (Å²) in [5, 5.41) is 19.1. The number of aliphatic hydroxyl groups excluding tert-OH is 2. The standard InChI is InChI=1S/C14H17Cl2N3O2.2C3H8O.C2H6.CH2O/c1-18-4-6-19(7-5-18)13(20)9-17-14(21)10-2-3-11(15)12(16)8-10;2*1-2-3-4;2*1-2/h2-3,8H,4-7,9H2,1H3,(H,17,21);2*4H,2-3H2,1H3;1-2H3;1H2. The highest BCUT2D eigenvalue weighted by molar-refractivity contribution is 6.42. The van der Waals surface area contributed by atoms with Crippen molar-refractivity contribution in [2.24, 2.45) is 0 Å². The molecule has 3 N–H and O–H groups in total. The van der Waals surface area contributed by atoms with Crippen molar-refractivity contribution < 1.29 is 24.6 Å². The average molecular weight is 511 g/mol. The third-order valence-corrected chi connectivity index (χ3v) is 4.62. The second kappa shape index (κ2) is 24.9. The van der Waals surface area contributed by atoms with Crippen LogP contribution in [0.4, 0.5) is 0 Å². The van der Waals surface area contributed by atoms with E-state index in [9.17, 15) is 9.59 Å². The Balaban J connectivity index is -0.000000631. The zero-order valence-electron chi connectivity index (χ0n) is 20.6. The lowest BCUT2D eigenvalue weighted by molar-refractivity contribution is -0.131. The Morgan fingerprint density at radius 3 is 1.82 bits per heavy atom. The molecule has 1 aliphatic rings. The molecule has 1 aromatic rings. The molecule has 1 aliphatic heterocycles. The van der Waals surface area contributed by atoms with Crippen LogP contribution in [0, 0.1) is 0 Å². The molecule has 1 aromatic carbocycles. The van der Waals surface area contributed by atoms with E-state index in [4.69, 9.17) is 38.2 Å². The Morgan fingerprint density at radius 2 is 1.42 bits per heavy atom. The van der Waals surface area contributed by atoms with E-state index in [0.717, 1.165) is 25.9 Å². The molecule has 1 saturated heterocycles. The zero-order chi connectivity index (χ0) is 26.2. The minimum atomic E-state index is -0.337. The smallest absolute Gasteiger partial charge is 0.251 e. The van der Waals surface area contributed by atoms with Gasteiger partial charge in [-0.05, 0) is 38.1 Å². The fourth-order valence-electron chi connectivity index (χ4n) is 2.06. The number of rotatable bonds is 5. The fourth-order valence-corrected chi connectivity index (χ4v) is 2.36. The van der Waals surface area contributed by atoms with Crippen LogP contribution in [0.2, 0.25) is 10.0 Å². The molecule has 192 valence electrons. The predicted octanol–water partition coefficient (Wildman–Crippen LogP) is 3.12. The molecule has 0 unspecified atom stereocenters. The number of aliphatic hydroxyl groups is 2. The molecule has 10 heteroatoms. The molecule has 2 rings (SSSR count). The second-order valence-corrected chi connectivity index (χ2v) is 7.26. The van der Waals surface area contributed by atoms with Gasteiger partial charge >= 0.3 is 0 Å². The number of likely N-dealkylation sites (N-methyl/N-ethyl adjacent to an activating group) is 1. The van der Waals surface area contributed by atoms with Crippen molar-refractivity contribution in [2.45, 2.75) is 40.5 Å². The molecule has 0 aromatic heterocycles. The Labute approximate surface area is 208 Å². The van der Waals surface area contributed by atoms with Crippen LogP contribution in [-0.2, 0) is 9.59 Å². The minimum Gasteiger partial charge on any atom is -0.396 e. The number of carbonyl (C=O) groups excluding carboxylic acids is 3. The lowest BCUT2D eigenvalue weighted by atomic mass is 10.2. The van der Waals surface area contributed by atoms with Gasteiger partial charge in [0.1, 0.15) is 6.79 Å². The van der Waals surface area contributed by atoms with Gasteiger partial charge in [-0.1, -0.05) is 50.9 Å². The minimum absolute atomic E-state index is 0.0111. The number of benzene rings is 1. The number of nitrogens with one attached hydrogen (secondary N) is 1. The Kier molecular flexibility index (Phi) is 27.1. The molecule has 0 bridgehead atoms. The van der Waals surface area contributed by atoms with Crippen LogP contribution in [0.25, 0.3) is 0 Å². The SMILES string of the molecule is C=O.CC.CCCO.CCCO.CN1CCN(C(=O)CNC(=O)c2ccc(Cl)c(Cl)c2)CC1. The number of hydrogen-bond acceptors (Lipinski definition) is 6. The number of carbonyl (C=O) groups is 3.